The number of rotatable bonds is 18. The van der Waals surface area contributed by atoms with E-state index < -0.39 is 22.2 Å². The van der Waals surface area contributed by atoms with Crippen molar-refractivity contribution in [1.29, 1.82) is 0 Å². The van der Waals surface area contributed by atoms with E-state index in [1.54, 1.807) is 0 Å². The molecule has 0 fully saturated rings. The summed E-state index contributed by atoms with van der Waals surface area (Å²) in [4.78, 5) is 11.2. The number of hydrogen-bond donors (Lipinski definition) is 1. The summed E-state index contributed by atoms with van der Waals surface area (Å²) in [6.45, 7) is 2.96. The first kappa shape index (κ1) is 27.3. The number of unbranched alkanes of at least 4 members (excludes halogenated alkanes) is 9. The van der Waals surface area contributed by atoms with Gasteiger partial charge in [-0.05, 0) is 6.42 Å². The second-order valence-electron chi connectivity index (χ2n) is 8.70. The lowest BCUT2D eigenvalue weighted by atomic mass is 10.1. The van der Waals surface area contributed by atoms with E-state index in [9.17, 15) is 18.3 Å². The van der Waals surface area contributed by atoms with E-state index in [0.29, 0.717) is 17.6 Å². The average molecular weight is 422 g/mol. The molecule has 0 aromatic carbocycles. The fourth-order valence-electron chi connectivity index (χ4n) is 3.45. The molecule has 0 unspecified atom stereocenters. The van der Waals surface area contributed by atoms with E-state index in [0.717, 1.165) is 19.3 Å². The number of hydrogen-bond acceptors (Lipinski definition) is 4. The van der Waals surface area contributed by atoms with Crippen LogP contribution in [0.1, 0.15) is 77.6 Å². The summed E-state index contributed by atoms with van der Waals surface area (Å²) in [7, 11) is 3.43. The van der Waals surface area contributed by atoms with Gasteiger partial charge in [-0.3, -0.25) is 0 Å². The molecule has 8 heteroatoms. The summed E-state index contributed by atoms with van der Waals surface area (Å²) >= 11 is 0. The number of likely N-dealkylation sites (N-methyl/N-ethyl adjacent to an activating group) is 1. The van der Waals surface area contributed by atoms with Crippen molar-refractivity contribution in [2.75, 3.05) is 41.3 Å². The van der Waals surface area contributed by atoms with Crippen LogP contribution in [0, 0.1) is 0 Å². The van der Waals surface area contributed by atoms with Gasteiger partial charge in [0.05, 0.1) is 33.7 Å². The Morgan fingerprint density at radius 2 is 1.43 bits per heavy atom. The molecule has 0 aliphatic rings. The molecule has 168 valence electrons. The van der Waals surface area contributed by atoms with Crippen molar-refractivity contribution in [3.05, 3.63) is 0 Å². The Labute approximate surface area is 173 Å². The Kier molecular flexibility index (Phi) is 14.0. The molecule has 1 atom stereocenters. The summed E-state index contributed by atoms with van der Waals surface area (Å²) in [5.41, 5.74) is 0. The van der Waals surface area contributed by atoms with Gasteiger partial charge in [-0.25, -0.2) is 4.72 Å². The molecule has 0 saturated heterocycles. The predicted molar refractivity (Wildman–Crippen MR) is 113 cm³/mol. The molecule has 28 heavy (non-hydrogen) atoms. The summed E-state index contributed by atoms with van der Waals surface area (Å²) in [6.07, 6.45) is 11.4. The molecule has 0 aliphatic heterocycles. The molecule has 0 aromatic rings. The molecule has 0 radical (unpaired) electrons. The SMILES string of the molecule is CCCCCCCCCCCCN([C@H](CC(=O)[O-])C[N+](C)(C)C)S(=O)(=O)NC. The second kappa shape index (κ2) is 14.3. The number of aliphatic carboxylic acids is 1. The largest absolute Gasteiger partial charge is 0.550 e. The first-order chi connectivity index (χ1) is 13.0. The minimum Gasteiger partial charge on any atom is -0.550 e. The highest BCUT2D eigenvalue weighted by Gasteiger charge is 2.32. The third-order valence-corrected chi connectivity index (χ3v) is 6.48. The van der Waals surface area contributed by atoms with Gasteiger partial charge in [-0.2, -0.15) is 12.7 Å². The topological polar surface area (TPSA) is 89.5 Å². The first-order valence-corrected chi connectivity index (χ1v) is 12.2. The third-order valence-electron chi connectivity index (χ3n) is 4.87. The number of carboxylic acids is 1. The van der Waals surface area contributed by atoms with Gasteiger partial charge in [0.25, 0.3) is 10.2 Å². The summed E-state index contributed by atoms with van der Waals surface area (Å²) in [6, 6.07) is -0.624. The van der Waals surface area contributed by atoms with Crippen LogP contribution in [0.2, 0.25) is 0 Å². The molecular weight excluding hydrogens is 378 g/mol. The van der Waals surface area contributed by atoms with E-state index in [-0.39, 0.29) is 6.42 Å². The van der Waals surface area contributed by atoms with Gasteiger partial charge < -0.3 is 14.4 Å². The van der Waals surface area contributed by atoms with Gasteiger partial charge in [0.1, 0.15) is 0 Å². The summed E-state index contributed by atoms with van der Waals surface area (Å²) in [5.74, 6) is -1.22. The van der Waals surface area contributed by atoms with Gasteiger partial charge >= 0.3 is 0 Å². The van der Waals surface area contributed by atoms with Crippen LogP contribution in [-0.4, -0.2) is 70.5 Å². The monoisotopic (exact) mass is 421 g/mol. The lowest BCUT2D eigenvalue weighted by Crippen LogP contribution is -2.55. The Morgan fingerprint density at radius 3 is 1.82 bits per heavy atom. The van der Waals surface area contributed by atoms with Crippen LogP contribution >= 0.6 is 0 Å². The molecule has 0 aliphatic carbocycles. The van der Waals surface area contributed by atoms with E-state index in [2.05, 4.69) is 11.6 Å². The summed E-state index contributed by atoms with van der Waals surface area (Å²) in [5, 5.41) is 11.2. The van der Waals surface area contributed by atoms with Crippen LogP contribution < -0.4 is 9.83 Å². The lowest BCUT2D eigenvalue weighted by molar-refractivity contribution is -0.872. The quantitative estimate of drug-likeness (QED) is 0.270. The van der Waals surface area contributed by atoms with Crippen molar-refractivity contribution in [2.24, 2.45) is 0 Å². The van der Waals surface area contributed by atoms with Crippen molar-refractivity contribution in [3.63, 3.8) is 0 Å². The van der Waals surface area contributed by atoms with Crippen LogP contribution in [0.5, 0.6) is 0 Å². The number of quaternary nitrogens is 1. The third kappa shape index (κ3) is 13.5. The minimum atomic E-state index is -3.71. The molecule has 0 amide bonds. The zero-order chi connectivity index (χ0) is 21.6. The molecule has 1 N–H and O–H groups in total. The highest BCUT2D eigenvalue weighted by atomic mass is 32.2. The average Bonchev–Trinajstić information content (AvgIpc) is 2.57. The smallest absolute Gasteiger partial charge is 0.279 e. The highest BCUT2D eigenvalue weighted by molar-refractivity contribution is 7.87. The van der Waals surface area contributed by atoms with Crippen LogP contribution in [0.25, 0.3) is 0 Å². The number of nitrogens with zero attached hydrogens (tertiary/aromatic N) is 2. The van der Waals surface area contributed by atoms with Crippen LogP contribution in [0.4, 0.5) is 0 Å². The van der Waals surface area contributed by atoms with E-state index >= 15 is 0 Å². The molecule has 0 saturated carbocycles. The van der Waals surface area contributed by atoms with E-state index in [1.807, 2.05) is 21.1 Å². The molecule has 0 aromatic heterocycles. The first-order valence-electron chi connectivity index (χ1n) is 10.7. The van der Waals surface area contributed by atoms with Crippen molar-refractivity contribution in [1.82, 2.24) is 9.03 Å². The lowest BCUT2D eigenvalue weighted by Gasteiger charge is -2.35. The van der Waals surface area contributed by atoms with Gasteiger partial charge in [0.15, 0.2) is 0 Å². The Bertz CT molecular complexity index is 518. The van der Waals surface area contributed by atoms with Crippen molar-refractivity contribution < 1.29 is 22.8 Å². The zero-order valence-electron chi connectivity index (χ0n) is 18.7. The summed E-state index contributed by atoms with van der Waals surface area (Å²) < 4.78 is 29.1. The Hall–Kier alpha value is -0.700. The maximum Gasteiger partial charge on any atom is 0.279 e. The molecular formula is C20H43N3O4S. The normalized spacial score (nSPS) is 13.8. The van der Waals surface area contributed by atoms with Gasteiger partial charge in [0.2, 0.25) is 0 Å². The van der Waals surface area contributed by atoms with E-state index in [1.165, 1.54) is 56.3 Å². The number of carbonyl (C=O) groups is 1. The number of nitrogens with one attached hydrogen (secondary N) is 1. The van der Waals surface area contributed by atoms with Crippen molar-refractivity contribution >= 4 is 16.2 Å². The number of carbonyl (C=O) groups excluding carboxylic acids is 1. The van der Waals surface area contributed by atoms with Crippen LogP contribution in [0.15, 0.2) is 0 Å². The van der Waals surface area contributed by atoms with Gasteiger partial charge in [-0.15, -0.1) is 0 Å². The van der Waals surface area contributed by atoms with E-state index in [4.69, 9.17) is 0 Å². The van der Waals surface area contributed by atoms with Crippen molar-refractivity contribution in [3.8, 4) is 0 Å². The van der Waals surface area contributed by atoms with Crippen LogP contribution in [-0.2, 0) is 15.0 Å². The maximum atomic E-state index is 12.5. The molecule has 0 bridgehead atoms. The maximum absolute atomic E-state index is 12.5. The Morgan fingerprint density at radius 1 is 0.964 bits per heavy atom. The van der Waals surface area contributed by atoms with Crippen molar-refractivity contribution in [2.45, 2.75) is 83.6 Å². The zero-order valence-corrected chi connectivity index (χ0v) is 19.5. The minimum absolute atomic E-state index is 0.297. The molecule has 7 nitrogen and oxygen atoms in total. The van der Waals surface area contributed by atoms with Gasteiger partial charge in [0, 0.05) is 26.0 Å². The second-order valence-corrected chi connectivity index (χ2v) is 10.5. The molecule has 0 heterocycles. The Balaban J connectivity index is 4.58. The highest BCUT2D eigenvalue weighted by Crippen LogP contribution is 2.16. The number of carboxylic acid groups (broad SMARTS) is 1. The predicted octanol–water partition coefficient (Wildman–Crippen LogP) is 1.89. The fraction of sp³-hybridized carbons (Fsp3) is 0.950. The molecule has 0 spiro atoms. The molecule has 0 rings (SSSR count). The standard InChI is InChI=1S/C20H43N3O4S/c1-6-7-8-9-10-11-12-13-14-15-16-22(28(26,27)21-2)19(17-20(24)25)18-23(3,4)5/h19,21H,6-18H2,1-5H3/t19-/m1/s1. The van der Waals surface area contributed by atoms with Gasteiger partial charge in [-0.1, -0.05) is 64.7 Å². The van der Waals surface area contributed by atoms with Crippen LogP contribution in [0.3, 0.4) is 0 Å². The fourth-order valence-corrected chi connectivity index (χ4v) is 4.59.